The van der Waals surface area contributed by atoms with Gasteiger partial charge in [0.15, 0.2) is 0 Å². The Kier molecular flexibility index (Phi) is 2.75. The standard InChI is InChI=1S/C13H8FN/c14-13-10-12(8-9-15-13)7-6-11-4-2-1-3-5-11/h1-5,8-10H. The van der Waals surface area contributed by atoms with Gasteiger partial charge in [-0.1, -0.05) is 30.0 Å². The van der Waals surface area contributed by atoms with Crippen molar-refractivity contribution in [3.05, 3.63) is 65.7 Å². The van der Waals surface area contributed by atoms with Gasteiger partial charge in [-0.25, -0.2) is 4.98 Å². The summed E-state index contributed by atoms with van der Waals surface area (Å²) in [6.45, 7) is 0. The van der Waals surface area contributed by atoms with Gasteiger partial charge in [0, 0.05) is 23.4 Å². The lowest BCUT2D eigenvalue weighted by molar-refractivity contribution is 0.583. The molecule has 0 saturated heterocycles. The quantitative estimate of drug-likeness (QED) is 0.467. The molecule has 0 unspecified atom stereocenters. The van der Waals surface area contributed by atoms with Crippen LogP contribution in [0.3, 0.4) is 0 Å². The lowest BCUT2D eigenvalue weighted by atomic mass is 10.2. The van der Waals surface area contributed by atoms with Crippen molar-refractivity contribution >= 4 is 0 Å². The van der Waals surface area contributed by atoms with Gasteiger partial charge in [0.25, 0.3) is 0 Å². The summed E-state index contributed by atoms with van der Waals surface area (Å²) in [4.78, 5) is 3.46. The molecule has 15 heavy (non-hydrogen) atoms. The second kappa shape index (κ2) is 4.39. The van der Waals surface area contributed by atoms with Gasteiger partial charge < -0.3 is 0 Å². The second-order valence-corrected chi connectivity index (χ2v) is 2.98. The molecule has 1 nitrogen and oxygen atoms in total. The van der Waals surface area contributed by atoms with Gasteiger partial charge in [-0.05, 0) is 18.2 Å². The van der Waals surface area contributed by atoms with Gasteiger partial charge in [0.2, 0.25) is 5.95 Å². The summed E-state index contributed by atoms with van der Waals surface area (Å²) < 4.78 is 12.7. The minimum atomic E-state index is -0.505. The summed E-state index contributed by atoms with van der Waals surface area (Å²) >= 11 is 0. The Hall–Kier alpha value is -2.14. The smallest absolute Gasteiger partial charge is 0.214 e. The molecule has 2 aromatic rings. The molecule has 0 radical (unpaired) electrons. The number of hydrogen-bond donors (Lipinski definition) is 0. The van der Waals surface area contributed by atoms with Crippen LogP contribution in [0.4, 0.5) is 4.39 Å². The van der Waals surface area contributed by atoms with Crippen LogP contribution in [-0.4, -0.2) is 4.98 Å². The highest BCUT2D eigenvalue weighted by Crippen LogP contribution is 2.00. The Morgan fingerprint density at radius 1 is 0.933 bits per heavy atom. The fourth-order valence-electron chi connectivity index (χ4n) is 1.15. The van der Waals surface area contributed by atoms with E-state index in [4.69, 9.17) is 0 Å². The van der Waals surface area contributed by atoms with Crippen molar-refractivity contribution in [3.63, 3.8) is 0 Å². The van der Waals surface area contributed by atoms with E-state index in [0.717, 1.165) is 5.56 Å². The largest absolute Gasteiger partial charge is 0.228 e. The van der Waals surface area contributed by atoms with Crippen LogP contribution in [0.2, 0.25) is 0 Å². The molecule has 0 spiro atoms. The van der Waals surface area contributed by atoms with Gasteiger partial charge in [0.1, 0.15) is 0 Å². The topological polar surface area (TPSA) is 12.9 Å². The molecule has 0 aliphatic heterocycles. The van der Waals surface area contributed by atoms with Gasteiger partial charge in [-0.2, -0.15) is 4.39 Å². The minimum Gasteiger partial charge on any atom is -0.228 e. The van der Waals surface area contributed by atoms with E-state index >= 15 is 0 Å². The summed E-state index contributed by atoms with van der Waals surface area (Å²) in [6.07, 6.45) is 1.41. The number of pyridine rings is 1. The molecule has 0 N–H and O–H groups in total. The molecule has 1 aromatic heterocycles. The first-order chi connectivity index (χ1) is 7.34. The summed E-state index contributed by atoms with van der Waals surface area (Å²) in [5.41, 5.74) is 1.54. The Morgan fingerprint density at radius 3 is 2.40 bits per heavy atom. The molecule has 2 rings (SSSR count). The molecule has 0 bridgehead atoms. The number of rotatable bonds is 0. The lowest BCUT2D eigenvalue weighted by Gasteiger charge is -1.89. The van der Waals surface area contributed by atoms with E-state index in [2.05, 4.69) is 16.8 Å². The highest BCUT2D eigenvalue weighted by Gasteiger charge is 1.90. The van der Waals surface area contributed by atoms with E-state index < -0.39 is 5.95 Å². The lowest BCUT2D eigenvalue weighted by Crippen LogP contribution is -1.82. The van der Waals surface area contributed by atoms with E-state index in [-0.39, 0.29) is 0 Å². The highest BCUT2D eigenvalue weighted by atomic mass is 19.1. The van der Waals surface area contributed by atoms with Crippen molar-refractivity contribution in [2.75, 3.05) is 0 Å². The predicted molar refractivity (Wildman–Crippen MR) is 56.6 cm³/mol. The third-order valence-electron chi connectivity index (χ3n) is 1.85. The van der Waals surface area contributed by atoms with Crippen LogP contribution in [0.15, 0.2) is 48.7 Å². The zero-order valence-electron chi connectivity index (χ0n) is 7.94. The molecule has 0 aliphatic carbocycles. The molecule has 1 heterocycles. The number of benzene rings is 1. The third kappa shape index (κ3) is 2.65. The van der Waals surface area contributed by atoms with Crippen molar-refractivity contribution in [2.24, 2.45) is 0 Å². The van der Waals surface area contributed by atoms with Crippen molar-refractivity contribution in [1.82, 2.24) is 4.98 Å². The number of aromatic nitrogens is 1. The zero-order chi connectivity index (χ0) is 10.5. The fraction of sp³-hybridized carbons (Fsp3) is 0. The Balaban J connectivity index is 2.26. The molecule has 2 heteroatoms. The number of halogens is 1. The van der Waals surface area contributed by atoms with E-state index in [1.54, 1.807) is 6.07 Å². The van der Waals surface area contributed by atoms with Crippen LogP contribution in [0.25, 0.3) is 0 Å². The SMILES string of the molecule is Fc1cc(C#Cc2ccccc2)ccn1. The first-order valence-corrected chi connectivity index (χ1v) is 4.53. The molecular formula is C13H8FN. The monoisotopic (exact) mass is 197 g/mol. The number of nitrogens with zero attached hydrogens (tertiary/aromatic N) is 1. The summed E-state index contributed by atoms with van der Waals surface area (Å²) in [7, 11) is 0. The number of hydrogen-bond acceptors (Lipinski definition) is 1. The normalized spacial score (nSPS) is 9.13. The maximum Gasteiger partial charge on any atom is 0.214 e. The average molecular weight is 197 g/mol. The molecule has 0 fully saturated rings. The summed E-state index contributed by atoms with van der Waals surface area (Å²) in [6, 6.07) is 12.6. The van der Waals surface area contributed by atoms with Crippen LogP contribution in [0.1, 0.15) is 11.1 Å². The maximum atomic E-state index is 12.7. The summed E-state index contributed by atoms with van der Waals surface area (Å²) in [5, 5.41) is 0. The van der Waals surface area contributed by atoms with Crippen LogP contribution < -0.4 is 0 Å². The van der Waals surface area contributed by atoms with E-state index in [0.29, 0.717) is 5.56 Å². The molecule has 0 atom stereocenters. The van der Waals surface area contributed by atoms with Gasteiger partial charge in [-0.15, -0.1) is 0 Å². The molecule has 1 aromatic carbocycles. The highest BCUT2D eigenvalue weighted by molar-refractivity contribution is 5.41. The first-order valence-electron chi connectivity index (χ1n) is 4.53. The molecule has 0 saturated carbocycles. The predicted octanol–water partition coefficient (Wildman–Crippen LogP) is 2.62. The van der Waals surface area contributed by atoms with Crippen LogP contribution >= 0.6 is 0 Å². The fourth-order valence-corrected chi connectivity index (χ4v) is 1.15. The van der Waals surface area contributed by atoms with E-state index in [1.165, 1.54) is 12.3 Å². The van der Waals surface area contributed by atoms with Crippen molar-refractivity contribution < 1.29 is 4.39 Å². The molecule has 0 amide bonds. The minimum absolute atomic E-state index is 0.505. The third-order valence-corrected chi connectivity index (χ3v) is 1.85. The maximum absolute atomic E-state index is 12.7. The average Bonchev–Trinajstić information content (AvgIpc) is 2.28. The van der Waals surface area contributed by atoms with Gasteiger partial charge >= 0.3 is 0 Å². The van der Waals surface area contributed by atoms with Gasteiger partial charge in [0.05, 0.1) is 0 Å². The Morgan fingerprint density at radius 2 is 1.67 bits per heavy atom. The van der Waals surface area contributed by atoms with Crippen molar-refractivity contribution in [1.29, 1.82) is 0 Å². The van der Waals surface area contributed by atoms with Gasteiger partial charge in [-0.3, -0.25) is 0 Å². The Bertz CT molecular complexity index is 509. The van der Waals surface area contributed by atoms with Crippen molar-refractivity contribution in [2.45, 2.75) is 0 Å². The zero-order valence-corrected chi connectivity index (χ0v) is 7.94. The Labute approximate surface area is 87.6 Å². The van der Waals surface area contributed by atoms with Crippen molar-refractivity contribution in [3.8, 4) is 11.8 Å². The van der Waals surface area contributed by atoms with Crippen LogP contribution in [0, 0.1) is 17.8 Å². The van der Waals surface area contributed by atoms with E-state index in [1.807, 2.05) is 30.3 Å². The molecular weight excluding hydrogens is 189 g/mol. The molecule has 0 aliphatic rings. The molecule has 72 valence electrons. The summed E-state index contributed by atoms with van der Waals surface area (Å²) in [5.74, 6) is 5.31. The van der Waals surface area contributed by atoms with Crippen LogP contribution in [0.5, 0.6) is 0 Å². The van der Waals surface area contributed by atoms with E-state index in [9.17, 15) is 4.39 Å². The van der Waals surface area contributed by atoms with Crippen LogP contribution in [-0.2, 0) is 0 Å². The second-order valence-electron chi connectivity index (χ2n) is 2.98. The first kappa shape index (κ1) is 9.42.